The summed E-state index contributed by atoms with van der Waals surface area (Å²) in [6, 6.07) is 27.7. The maximum absolute atomic E-state index is 8.81. The first kappa shape index (κ1) is 14.8. The molecule has 0 amide bonds. The summed E-state index contributed by atoms with van der Waals surface area (Å²) in [6.45, 7) is 0. The molecule has 38 heavy (non-hydrogen) atoms. The minimum absolute atomic E-state index is 0.0687. The Morgan fingerprint density at radius 2 is 1.11 bits per heavy atom. The standard InChI is InChI=1S/C37H25N/c1-2-14-32-29(9-1)23-30-22-28(19-20-33(30)32)26-11-7-10-25(21-26)27-12-8-13-31(24-27)38-36-17-5-3-15-34(36)35-16-4-6-18-37(35)38/h1-22,24H,23H2/i3D,4D,5D,6D,15D,16D,17D,18D. The minimum Gasteiger partial charge on any atom is -0.309 e. The molecule has 1 aliphatic carbocycles. The zero-order chi connectivity index (χ0) is 32.0. The first-order valence-electron chi connectivity index (χ1n) is 16.6. The van der Waals surface area contributed by atoms with Crippen molar-refractivity contribution < 1.29 is 11.0 Å². The van der Waals surface area contributed by atoms with Crippen LogP contribution in [0.1, 0.15) is 22.1 Å². The highest BCUT2D eigenvalue weighted by atomic mass is 15.0. The van der Waals surface area contributed by atoms with E-state index < -0.39 is 24.2 Å². The molecule has 7 aromatic rings. The van der Waals surface area contributed by atoms with Crippen molar-refractivity contribution in [1.82, 2.24) is 4.57 Å². The second kappa shape index (κ2) is 8.33. The van der Waals surface area contributed by atoms with Crippen LogP contribution in [-0.2, 0) is 6.42 Å². The van der Waals surface area contributed by atoms with Gasteiger partial charge in [0.2, 0.25) is 0 Å². The highest BCUT2D eigenvalue weighted by Gasteiger charge is 2.18. The quantitative estimate of drug-likeness (QED) is 0.232. The second-order valence-electron chi connectivity index (χ2n) is 9.62. The first-order chi connectivity index (χ1) is 22.2. The molecule has 1 heterocycles. The van der Waals surface area contributed by atoms with Crippen LogP contribution in [-0.4, -0.2) is 4.57 Å². The van der Waals surface area contributed by atoms with Gasteiger partial charge < -0.3 is 4.57 Å². The van der Waals surface area contributed by atoms with Crippen molar-refractivity contribution in [3.05, 3.63) is 150 Å². The van der Waals surface area contributed by atoms with Crippen molar-refractivity contribution in [1.29, 1.82) is 0 Å². The van der Waals surface area contributed by atoms with Gasteiger partial charge in [-0.2, -0.15) is 0 Å². The number of rotatable bonds is 3. The average molecular weight is 492 g/mol. The van der Waals surface area contributed by atoms with Crippen LogP contribution < -0.4 is 0 Å². The van der Waals surface area contributed by atoms with Gasteiger partial charge in [-0.05, 0) is 81.2 Å². The Labute approximate surface area is 233 Å². The summed E-state index contributed by atoms with van der Waals surface area (Å²) >= 11 is 0. The lowest BCUT2D eigenvalue weighted by atomic mass is 9.96. The van der Waals surface area contributed by atoms with E-state index >= 15 is 0 Å². The number of para-hydroxylation sites is 2. The summed E-state index contributed by atoms with van der Waals surface area (Å²) in [6.07, 6.45) is 0.902. The molecule has 0 unspecified atom stereocenters. The summed E-state index contributed by atoms with van der Waals surface area (Å²) in [7, 11) is 0. The van der Waals surface area contributed by atoms with Crippen LogP contribution >= 0.6 is 0 Å². The lowest BCUT2D eigenvalue weighted by Gasteiger charge is -2.12. The molecule has 0 saturated heterocycles. The number of hydrogen-bond acceptors (Lipinski definition) is 0. The summed E-state index contributed by atoms with van der Waals surface area (Å²) in [5.74, 6) is 0. The molecular weight excluding hydrogens is 458 g/mol. The van der Waals surface area contributed by atoms with Crippen molar-refractivity contribution in [2.45, 2.75) is 6.42 Å². The zero-order valence-corrected chi connectivity index (χ0v) is 20.3. The fourth-order valence-electron chi connectivity index (χ4n) is 5.71. The Morgan fingerprint density at radius 3 is 1.87 bits per heavy atom. The van der Waals surface area contributed by atoms with Gasteiger partial charge in [-0.1, -0.05) is 109 Å². The summed E-state index contributed by atoms with van der Waals surface area (Å²) in [5, 5.41) is 0.137. The predicted molar refractivity (Wildman–Crippen MR) is 160 cm³/mol. The van der Waals surface area contributed by atoms with E-state index in [2.05, 4.69) is 54.6 Å². The van der Waals surface area contributed by atoms with Crippen LogP contribution in [0, 0.1) is 0 Å². The van der Waals surface area contributed by atoms with Crippen LogP contribution in [0.5, 0.6) is 0 Å². The third-order valence-electron chi connectivity index (χ3n) is 7.46. The normalized spacial score (nSPS) is 15.1. The molecule has 1 aliphatic rings. The molecule has 0 aliphatic heterocycles. The van der Waals surface area contributed by atoms with E-state index in [0.717, 1.165) is 28.7 Å². The van der Waals surface area contributed by atoms with E-state index in [0.29, 0.717) is 5.69 Å². The maximum atomic E-state index is 8.81. The lowest BCUT2D eigenvalue weighted by Crippen LogP contribution is -1.94. The molecule has 1 nitrogen and oxygen atoms in total. The van der Waals surface area contributed by atoms with E-state index in [1.54, 1.807) is 10.6 Å². The Kier molecular flexibility index (Phi) is 3.23. The summed E-state index contributed by atoms with van der Waals surface area (Å²) < 4.78 is 69.9. The molecule has 0 spiro atoms. The Hall–Kier alpha value is -4.88. The molecular formula is C37H25N. The van der Waals surface area contributed by atoms with Crippen molar-refractivity contribution in [3.8, 4) is 39.1 Å². The number of nitrogens with zero attached hydrogens (tertiary/aromatic N) is 1. The van der Waals surface area contributed by atoms with Gasteiger partial charge >= 0.3 is 0 Å². The smallest absolute Gasteiger partial charge is 0.0645 e. The van der Waals surface area contributed by atoms with Crippen molar-refractivity contribution in [2.75, 3.05) is 0 Å². The Morgan fingerprint density at radius 1 is 0.500 bits per heavy atom. The minimum atomic E-state index is -0.454. The van der Waals surface area contributed by atoms with E-state index in [-0.39, 0.29) is 46.0 Å². The van der Waals surface area contributed by atoms with Crippen LogP contribution in [0.2, 0.25) is 0 Å². The number of aromatic nitrogens is 1. The molecule has 0 bridgehead atoms. The molecule has 1 aromatic heterocycles. The van der Waals surface area contributed by atoms with Crippen LogP contribution in [0.25, 0.3) is 60.9 Å². The van der Waals surface area contributed by atoms with Gasteiger partial charge in [0.25, 0.3) is 0 Å². The number of fused-ring (bicyclic) bond motifs is 6. The topological polar surface area (TPSA) is 4.93 Å². The largest absolute Gasteiger partial charge is 0.309 e. The lowest BCUT2D eigenvalue weighted by molar-refractivity contribution is 1.18. The molecule has 0 saturated carbocycles. The van der Waals surface area contributed by atoms with Crippen molar-refractivity contribution >= 4 is 21.8 Å². The van der Waals surface area contributed by atoms with Gasteiger partial charge in [0, 0.05) is 16.5 Å². The predicted octanol–water partition coefficient (Wildman–Crippen LogP) is 9.69. The van der Waals surface area contributed by atoms with Crippen molar-refractivity contribution in [2.24, 2.45) is 0 Å². The van der Waals surface area contributed by atoms with Gasteiger partial charge in [0.1, 0.15) is 0 Å². The molecule has 1 heteroatoms. The van der Waals surface area contributed by atoms with E-state index in [1.165, 1.54) is 22.3 Å². The van der Waals surface area contributed by atoms with Gasteiger partial charge in [-0.15, -0.1) is 0 Å². The molecule has 178 valence electrons. The van der Waals surface area contributed by atoms with Crippen molar-refractivity contribution in [3.63, 3.8) is 0 Å². The molecule has 0 atom stereocenters. The third-order valence-corrected chi connectivity index (χ3v) is 7.46. The van der Waals surface area contributed by atoms with Crippen LogP contribution in [0.15, 0.2) is 139 Å². The summed E-state index contributed by atoms with van der Waals surface area (Å²) in [4.78, 5) is 0. The monoisotopic (exact) mass is 491 g/mol. The SMILES string of the molecule is [2H]c1c([2H])c([2H])c2c(c1[2H])c1c([2H])c([2H])c([2H])c([2H])c1n2-c1cccc(-c2cccc(-c3ccc4c(c3)Cc3ccccc3-4)c2)c1. The van der Waals surface area contributed by atoms with Gasteiger partial charge in [-0.3, -0.25) is 0 Å². The van der Waals surface area contributed by atoms with Gasteiger partial charge in [-0.25, -0.2) is 0 Å². The van der Waals surface area contributed by atoms with Gasteiger partial charge in [0.05, 0.1) is 22.0 Å². The highest BCUT2D eigenvalue weighted by molar-refractivity contribution is 6.09. The highest BCUT2D eigenvalue weighted by Crippen LogP contribution is 2.39. The molecule has 6 aromatic carbocycles. The van der Waals surface area contributed by atoms with Crippen LogP contribution in [0.4, 0.5) is 0 Å². The van der Waals surface area contributed by atoms with Gasteiger partial charge in [0.15, 0.2) is 0 Å². The average Bonchev–Trinajstić information content (AvgIpc) is 3.64. The third kappa shape index (κ3) is 3.26. The Balaban J connectivity index is 1.30. The zero-order valence-electron chi connectivity index (χ0n) is 28.3. The first-order valence-corrected chi connectivity index (χ1v) is 12.6. The fraction of sp³-hybridized carbons (Fsp3) is 0.0270. The fourth-order valence-corrected chi connectivity index (χ4v) is 5.71. The molecule has 0 fully saturated rings. The molecule has 8 rings (SSSR count). The molecule has 0 radical (unpaired) electrons. The molecule has 0 N–H and O–H groups in total. The second-order valence-corrected chi connectivity index (χ2v) is 9.62. The maximum Gasteiger partial charge on any atom is 0.0645 e. The van der Waals surface area contributed by atoms with E-state index in [1.807, 2.05) is 30.3 Å². The summed E-state index contributed by atoms with van der Waals surface area (Å²) in [5.41, 5.74) is 9.88. The van der Waals surface area contributed by atoms with E-state index in [4.69, 9.17) is 11.0 Å². The van der Waals surface area contributed by atoms with Crippen LogP contribution in [0.3, 0.4) is 0 Å². The number of benzene rings is 6. The number of hydrogen-bond donors (Lipinski definition) is 0. The van der Waals surface area contributed by atoms with E-state index in [9.17, 15) is 0 Å². The Bertz CT molecular complexity index is 2370.